The van der Waals surface area contributed by atoms with Gasteiger partial charge in [-0.25, -0.2) is 0 Å². The number of ether oxygens (including phenoxy) is 3. The molecule has 0 saturated carbocycles. The molecule has 0 spiro atoms. The molecule has 0 bridgehead atoms. The molecule has 1 saturated heterocycles. The molecule has 7 nitrogen and oxygen atoms in total. The highest BCUT2D eigenvalue weighted by molar-refractivity contribution is 14.0. The number of nitrogens with one attached hydrogen (secondary N) is 2. The number of para-hydroxylation sites is 1. The topological polar surface area (TPSA) is 67.3 Å². The second-order valence-electron chi connectivity index (χ2n) is 7.46. The molecule has 2 N–H and O–H groups in total. The minimum atomic E-state index is 0. The molecule has 1 unspecified atom stereocenters. The van der Waals surface area contributed by atoms with Gasteiger partial charge in [0.15, 0.2) is 5.96 Å². The fourth-order valence-electron chi connectivity index (χ4n) is 3.65. The molecule has 1 aliphatic heterocycles. The van der Waals surface area contributed by atoms with E-state index in [1.165, 1.54) is 18.4 Å². The summed E-state index contributed by atoms with van der Waals surface area (Å²) >= 11 is 0. The third-order valence-corrected chi connectivity index (χ3v) is 5.32. The zero-order valence-electron chi connectivity index (χ0n) is 19.4. The molecule has 31 heavy (non-hydrogen) atoms. The molecule has 1 heterocycles. The molecule has 8 heteroatoms. The summed E-state index contributed by atoms with van der Waals surface area (Å²) in [6.45, 7) is 8.60. The Morgan fingerprint density at radius 1 is 1.06 bits per heavy atom. The molecule has 1 atom stereocenters. The highest BCUT2D eigenvalue weighted by Gasteiger charge is 2.25. The van der Waals surface area contributed by atoms with E-state index in [1.807, 2.05) is 12.1 Å². The number of rotatable bonds is 14. The summed E-state index contributed by atoms with van der Waals surface area (Å²) in [6.07, 6.45) is 4.76. The van der Waals surface area contributed by atoms with Gasteiger partial charge in [-0.15, -0.1) is 24.0 Å². The summed E-state index contributed by atoms with van der Waals surface area (Å²) in [5.41, 5.74) is 1.22. The third-order valence-electron chi connectivity index (χ3n) is 5.32. The van der Waals surface area contributed by atoms with Crippen LogP contribution in [-0.2, 0) is 9.47 Å². The van der Waals surface area contributed by atoms with Crippen molar-refractivity contribution in [1.82, 2.24) is 15.5 Å². The number of halogens is 1. The maximum atomic E-state index is 5.63. The van der Waals surface area contributed by atoms with Gasteiger partial charge in [-0.05, 0) is 38.4 Å². The molecule has 0 amide bonds. The number of guanidine groups is 1. The maximum absolute atomic E-state index is 5.63. The van der Waals surface area contributed by atoms with Crippen molar-refractivity contribution in [3.8, 4) is 5.75 Å². The summed E-state index contributed by atoms with van der Waals surface area (Å²) in [5.74, 6) is 1.73. The van der Waals surface area contributed by atoms with Crippen LogP contribution in [-0.4, -0.2) is 77.6 Å². The number of aliphatic imine (C=N–C) groups is 1. The van der Waals surface area contributed by atoms with Crippen molar-refractivity contribution >= 4 is 29.9 Å². The Balaban J connectivity index is 0.00000480. The zero-order valence-corrected chi connectivity index (χ0v) is 21.7. The number of benzene rings is 1. The van der Waals surface area contributed by atoms with Gasteiger partial charge in [-0.3, -0.25) is 9.89 Å². The van der Waals surface area contributed by atoms with Crippen molar-refractivity contribution in [2.75, 3.05) is 66.8 Å². The minimum absolute atomic E-state index is 0. The van der Waals surface area contributed by atoms with E-state index >= 15 is 0 Å². The SMILES string of the molecule is CCCCOCCOCCNC(=NC)NCC(c1ccccc1OC)N1CCCC1.I. The van der Waals surface area contributed by atoms with Gasteiger partial charge in [0.05, 0.1) is 33.0 Å². The lowest BCUT2D eigenvalue weighted by atomic mass is 10.0. The second-order valence-corrected chi connectivity index (χ2v) is 7.46. The van der Waals surface area contributed by atoms with E-state index in [-0.39, 0.29) is 30.0 Å². The fourth-order valence-corrected chi connectivity index (χ4v) is 3.65. The van der Waals surface area contributed by atoms with E-state index in [2.05, 4.69) is 39.6 Å². The second kappa shape index (κ2) is 17.5. The molecule has 0 radical (unpaired) electrons. The smallest absolute Gasteiger partial charge is 0.191 e. The lowest BCUT2D eigenvalue weighted by Gasteiger charge is -2.30. The first-order valence-corrected chi connectivity index (χ1v) is 11.3. The number of unbranched alkanes of at least 4 members (excludes halogenated alkanes) is 1. The van der Waals surface area contributed by atoms with Crippen LogP contribution >= 0.6 is 24.0 Å². The lowest BCUT2D eigenvalue weighted by molar-refractivity contribution is 0.0487. The quantitative estimate of drug-likeness (QED) is 0.161. The molecule has 178 valence electrons. The lowest BCUT2D eigenvalue weighted by Crippen LogP contribution is -2.43. The number of hydrogen-bond donors (Lipinski definition) is 2. The predicted molar refractivity (Wildman–Crippen MR) is 138 cm³/mol. The Morgan fingerprint density at radius 3 is 2.45 bits per heavy atom. The summed E-state index contributed by atoms with van der Waals surface area (Å²) in [6, 6.07) is 8.55. The van der Waals surface area contributed by atoms with Crippen LogP contribution in [0.4, 0.5) is 0 Å². The van der Waals surface area contributed by atoms with E-state index in [1.54, 1.807) is 14.2 Å². The third kappa shape index (κ3) is 10.4. The molecular formula is C23H41IN4O3. The fraction of sp³-hybridized carbons (Fsp3) is 0.696. The van der Waals surface area contributed by atoms with Crippen LogP contribution in [0.1, 0.15) is 44.2 Å². The van der Waals surface area contributed by atoms with Crippen LogP contribution < -0.4 is 15.4 Å². The first-order chi connectivity index (χ1) is 14.8. The predicted octanol–water partition coefficient (Wildman–Crippen LogP) is 3.45. The van der Waals surface area contributed by atoms with Crippen molar-refractivity contribution in [3.63, 3.8) is 0 Å². The zero-order chi connectivity index (χ0) is 21.4. The average molecular weight is 549 g/mol. The van der Waals surface area contributed by atoms with Gasteiger partial charge in [0.2, 0.25) is 0 Å². The van der Waals surface area contributed by atoms with Gasteiger partial charge in [-0.1, -0.05) is 31.5 Å². The molecule has 1 aliphatic rings. The van der Waals surface area contributed by atoms with Crippen LogP contribution in [0, 0.1) is 0 Å². The van der Waals surface area contributed by atoms with Crippen molar-refractivity contribution in [1.29, 1.82) is 0 Å². The van der Waals surface area contributed by atoms with Gasteiger partial charge < -0.3 is 24.8 Å². The molecule has 1 aromatic rings. The van der Waals surface area contributed by atoms with E-state index in [4.69, 9.17) is 14.2 Å². The Hall–Kier alpha value is -1.10. The molecule has 0 aromatic heterocycles. The first kappa shape index (κ1) is 27.9. The minimum Gasteiger partial charge on any atom is -0.496 e. The van der Waals surface area contributed by atoms with E-state index in [0.29, 0.717) is 26.4 Å². The van der Waals surface area contributed by atoms with E-state index < -0.39 is 0 Å². The monoisotopic (exact) mass is 548 g/mol. The highest BCUT2D eigenvalue weighted by Crippen LogP contribution is 2.31. The Kier molecular flexibility index (Phi) is 15.7. The number of hydrogen-bond acceptors (Lipinski definition) is 5. The molecular weight excluding hydrogens is 507 g/mol. The average Bonchev–Trinajstić information content (AvgIpc) is 3.31. The van der Waals surface area contributed by atoms with Crippen LogP contribution in [0.2, 0.25) is 0 Å². The molecule has 2 rings (SSSR count). The van der Waals surface area contributed by atoms with Gasteiger partial charge >= 0.3 is 0 Å². The first-order valence-electron chi connectivity index (χ1n) is 11.3. The highest BCUT2D eigenvalue weighted by atomic mass is 127. The van der Waals surface area contributed by atoms with E-state index in [9.17, 15) is 0 Å². The van der Waals surface area contributed by atoms with Crippen molar-refractivity contribution < 1.29 is 14.2 Å². The Bertz CT molecular complexity index is 612. The van der Waals surface area contributed by atoms with E-state index in [0.717, 1.165) is 50.8 Å². The number of nitrogens with zero attached hydrogens (tertiary/aromatic N) is 2. The van der Waals surface area contributed by atoms with Crippen LogP contribution in [0.3, 0.4) is 0 Å². The van der Waals surface area contributed by atoms with Crippen molar-refractivity contribution in [3.05, 3.63) is 29.8 Å². The van der Waals surface area contributed by atoms with Crippen molar-refractivity contribution in [2.45, 2.75) is 38.6 Å². The standard InChI is InChI=1S/C23H40N4O3.HI/c1-4-5-15-29-17-18-30-16-12-25-23(24-2)26-19-21(27-13-8-9-14-27)20-10-6-7-11-22(20)28-3;/h6-7,10-11,21H,4-5,8-9,12-19H2,1-3H3,(H2,24,25,26);1H. The molecule has 0 aliphatic carbocycles. The summed E-state index contributed by atoms with van der Waals surface area (Å²) < 4.78 is 16.7. The van der Waals surface area contributed by atoms with Crippen molar-refractivity contribution in [2.24, 2.45) is 4.99 Å². The molecule has 1 aromatic carbocycles. The Morgan fingerprint density at radius 2 is 1.77 bits per heavy atom. The number of likely N-dealkylation sites (tertiary alicyclic amines) is 1. The normalized spacial score (nSPS) is 15.4. The maximum Gasteiger partial charge on any atom is 0.191 e. The van der Waals surface area contributed by atoms with Gasteiger partial charge in [0, 0.05) is 32.3 Å². The molecule has 1 fully saturated rings. The summed E-state index contributed by atoms with van der Waals surface area (Å²) in [4.78, 5) is 6.88. The summed E-state index contributed by atoms with van der Waals surface area (Å²) in [5, 5.41) is 6.81. The summed E-state index contributed by atoms with van der Waals surface area (Å²) in [7, 11) is 3.54. The van der Waals surface area contributed by atoms with Crippen LogP contribution in [0.25, 0.3) is 0 Å². The van der Waals surface area contributed by atoms with Crippen LogP contribution in [0.15, 0.2) is 29.3 Å². The van der Waals surface area contributed by atoms with Gasteiger partial charge in [-0.2, -0.15) is 0 Å². The number of methoxy groups -OCH3 is 1. The van der Waals surface area contributed by atoms with Gasteiger partial charge in [0.25, 0.3) is 0 Å². The van der Waals surface area contributed by atoms with Gasteiger partial charge in [0.1, 0.15) is 5.75 Å². The Labute approximate surface area is 205 Å². The largest absolute Gasteiger partial charge is 0.496 e. The van der Waals surface area contributed by atoms with Crippen LogP contribution in [0.5, 0.6) is 5.75 Å².